The molecule has 2 aliphatic rings. The van der Waals surface area contributed by atoms with Crippen LogP contribution in [0.15, 0.2) is 42.0 Å². The van der Waals surface area contributed by atoms with Crippen LogP contribution in [0.1, 0.15) is 41.2 Å². The number of hydrogen-bond donors (Lipinski definition) is 1. The second kappa shape index (κ2) is 8.33. The molecule has 0 unspecified atom stereocenters. The molecule has 0 spiro atoms. The van der Waals surface area contributed by atoms with E-state index in [1.807, 2.05) is 31.2 Å². The number of likely N-dealkylation sites (tertiary alicyclic amines) is 1. The van der Waals surface area contributed by atoms with E-state index in [2.05, 4.69) is 30.0 Å². The number of rotatable bonds is 6. The summed E-state index contributed by atoms with van der Waals surface area (Å²) in [7, 11) is 0. The van der Waals surface area contributed by atoms with Gasteiger partial charge in [0.2, 0.25) is 0 Å². The second-order valence-corrected chi connectivity index (χ2v) is 8.33. The van der Waals surface area contributed by atoms with Gasteiger partial charge >= 0.3 is 5.97 Å². The number of allylic oxidation sites excluding steroid dienone is 1. The Balaban J connectivity index is 1.42. The summed E-state index contributed by atoms with van der Waals surface area (Å²) in [6.45, 7) is 6.70. The summed E-state index contributed by atoms with van der Waals surface area (Å²) in [5.41, 5.74) is 7.92. The van der Waals surface area contributed by atoms with Crippen molar-refractivity contribution in [1.82, 2.24) is 4.90 Å². The van der Waals surface area contributed by atoms with Gasteiger partial charge in [-0.25, -0.2) is 0 Å². The maximum atomic E-state index is 11.0. The lowest BCUT2D eigenvalue weighted by Gasteiger charge is -2.38. The fraction of sp³-hybridized carbons (Fsp3) is 0.360. The number of carboxylic acids is 1. The number of benzene rings is 2. The molecule has 1 aliphatic carbocycles. The number of nitriles is 1. The summed E-state index contributed by atoms with van der Waals surface area (Å²) in [6.07, 6.45) is 1.97. The third-order valence-corrected chi connectivity index (χ3v) is 6.26. The Labute approximate surface area is 177 Å². The number of carbonyl (C=O) groups is 1. The van der Waals surface area contributed by atoms with E-state index < -0.39 is 5.97 Å². The van der Waals surface area contributed by atoms with Crippen molar-refractivity contribution in [2.75, 3.05) is 19.6 Å². The van der Waals surface area contributed by atoms with Crippen molar-refractivity contribution in [2.45, 2.75) is 33.3 Å². The smallest absolute Gasteiger partial charge is 0.309 e. The minimum atomic E-state index is -0.687. The van der Waals surface area contributed by atoms with Crippen molar-refractivity contribution in [3.63, 3.8) is 0 Å². The first-order valence-electron chi connectivity index (χ1n) is 10.3. The van der Waals surface area contributed by atoms with Gasteiger partial charge in [0.25, 0.3) is 0 Å². The number of ether oxygens (including phenoxy) is 1. The Morgan fingerprint density at radius 3 is 2.73 bits per heavy atom. The highest BCUT2D eigenvalue weighted by Gasteiger charge is 2.33. The van der Waals surface area contributed by atoms with Crippen LogP contribution in [0.25, 0.3) is 5.57 Å². The SMILES string of the molecule is CC1=C(CN2CC(C(=O)O)C2)CCc2cc(OCc3ccc(C)c(C#N)c3)ccc21. The number of aryl methyl sites for hydroxylation is 2. The molecule has 1 saturated heterocycles. The molecule has 0 atom stereocenters. The topological polar surface area (TPSA) is 73.6 Å². The molecule has 30 heavy (non-hydrogen) atoms. The molecule has 0 radical (unpaired) electrons. The van der Waals surface area contributed by atoms with Gasteiger partial charge in [-0.3, -0.25) is 9.69 Å². The summed E-state index contributed by atoms with van der Waals surface area (Å²) in [5.74, 6) is -0.0525. The Morgan fingerprint density at radius 2 is 2.00 bits per heavy atom. The van der Waals surface area contributed by atoms with Crippen molar-refractivity contribution in [1.29, 1.82) is 5.26 Å². The highest BCUT2D eigenvalue weighted by Crippen LogP contribution is 2.34. The van der Waals surface area contributed by atoms with Gasteiger partial charge in [0.05, 0.1) is 17.6 Å². The predicted molar refractivity (Wildman–Crippen MR) is 115 cm³/mol. The van der Waals surface area contributed by atoms with Crippen LogP contribution in [0, 0.1) is 24.2 Å². The molecule has 2 aromatic rings. The highest BCUT2D eigenvalue weighted by atomic mass is 16.5. The zero-order chi connectivity index (χ0) is 21.3. The number of nitrogens with zero attached hydrogens (tertiary/aromatic N) is 2. The lowest BCUT2D eigenvalue weighted by molar-refractivity contribution is -0.147. The van der Waals surface area contributed by atoms with Gasteiger partial charge in [-0.2, -0.15) is 5.26 Å². The number of hydrogen-bond acceptors (Lipinski definition) is 4. The van der Waals surface area contributed by atoms with Crippen LogP contribution >= 0.6 is 0 Å². The Bertz CT molecular complexity index is 1060. The van der Waals surface area contributed by atoms with Crippen LogP contribution in [-0.2, 0) is 17.8 Å². The van der Waals surface area contributed by atoms with Gasteiger partial charge < -0.3 is 9.84 Å². The first-order valence-corrected chi connectivity index (χ1v) is 10.3. The average Bonchev–Trinajstić information content (AvgIpc) is 2.70. The van der Waals surface area contributed by atoms with Gasteiger partial charge in [-0.05, 0) is 72.7 Å². The highest BCUT2D eigenvalue weighted by molar-refractivity contribution is 5.73. The molecule has 1 N–H and O–H groups in total. The normalized spacial score (nSPS) is 16.6. The van der Waals surface area contributed by atoms with E-state index in [0.29, 0.717) is 25.3 Å². The van der Waals surface area contributed by atoms with E-state index in [1.165, 1.54) is 22.3 Å². The number of fused-ring (bicyclic) bond motifs is 1. The molecule has 0 saturated carbocycles. The number of aliphatic carboxylic acids is 1. The Morgan fingerprint density at radius 1 is 1.20 bits per heavy atom. The summed E-state index contributed by atoms with van der Waals surface area (Å²) in [6, 6.07) is 14.3. The molecule has 4 rings (SSSR count). The van der Waals surface area contributed by atoms with Crippen molar-refractivity contribution in [2.24, 2.45) is 5.92 Å². The Hall–Kier alpha value is -3.10. The van der Waals surface area contributed by atoms with E-state index in [4.69, 9.17) is 9.84 Å². The van der Waals surface area contributed by atoms with Gasteiger partial charge in [0, 0.05) is 19.6 Å². The molecule has 1 fully saturated rings. The molecule has 1 aliphatic heterocycles. The quantitative estimate of drug-likeness (QED) is 0.785. The largest absolute Gasteiger partial charge is 0.489 e. The van der Waals surface area contributed by atoms with Crippen LogP contribution in [0.5, 0.6) is 5.75 Å². The first kappa shape index (κ1) is 20.2. The molecular formula is C25H26N2O3. The third kappa shape index (κ3) is 4.10. The van der Waals surface area contributed by atoms with E-state index >= 15 is 0 Å². The van der Waals surface area contributed by atoms with Crippen molar-refractivity contribution >= 4 is 11.5 Å². The molecule has 5 nitrogen and oxygen atoms in total. The van der Waals surface area contributed by atoms with Gasteiger partial charge in [0.15, 0.2) is 0 Å². The Kier molecular flexibility index (Phi) is 5.61. The number of carboxylic acid groups (broad SMARTS) is 1. The minimum absolute atomic E-state index is 0.209. The van der Waals surface area contributed by atoms with Crippen molar-refractivity contribution < 1.29 is 14.6 Å². The van der Waals surface area contributed by atoms with Crippen LogP contribution in [0.2, 0.25) is 0 Å². The lowest BCUT2D eigenvalue weighted by atomic mass is 9.85. The zero-order valence-electron chi connectivity index (χ0n) is 17.4. The zero-order valence-corrected chi connectivity index (χ0v) is 17.4. The van der Waals surface area contributed by atoms with E-state index in [-0.39, 0.29) is 5.92 Å². The van der Waals surface area contributed by atoms with Crippen LogP contribution in [0.4, 0.5) is 0 Å². The predicted octanol–water partition coefficient (Wildman–Crippen LogP) is 4.18. The monoisotopic (exact) mass is 402 g/mol. The summed E-state index contributed by atoms with van der Waals surface area (Å²) < 4.78 is 6.00. The molecule has 0 amide bonds. The lowest BCUT2D eigenvalue weighted by Crippen LogP contribution is -2.50. The van der Waals surface area contributed by atoms with Gasteiger partial charge in [-0.1, -0.05) is 23.8 Å². The van der Waals surface area contributed by atoms with Gasteiger partial charge in [-0.15, -0.1) is 0 Å². The second-order valence-electron chi connectivity index (χ2n) is 8.33. The molecule has 5 heteroatoms. The molecule has 1 heterocycles. The van der Waals surface area contributed by atoms with E-state index in [1.54, 1.807) is 0 Å². The standard InChI is InChI=1S/C25H26N2O3/c1-16-3-4-18(9-21(16)11-26)15-30-23-7-8-24-17(2)20(6-5-19(24)10-23)12-27-13-22(14-27)25(28)29/h3-4,7-10,22H,5-6,12-15H2,1-2H3,(H,28,29). The first-order chi connectivity index (χ1) is 14.4. The average molecular weight is 402 g/mol. The molecule has 154 valence electrons. The van der Waals surface area contributed by atoms with Gasteiger partial charge in [0.1, 0.15) is 12.4 Å². The maximum Gasteiger partial charge on any atom is 0.309 e. The molecule has 2 aromatic carbocycles. The molecule has 0 aromatic heterocycles. The fourth-order valence-electron chi connectivity index (χ4n) is 4.26. The summed E-state index contributed by atoms with van der Waals surface area (Å²) in [4.78, 5) is 13.2. The fourth-order valence-corrected chi connectivity index (χ4v) is 4.26. The molecule has 0 bridgehead atoms. The van der Waals surface area contributed by atoms with E-state index in [9.17, 15) is 10.1 Å². The summed E-state index contributed by atoms with van der Waals surface area (Å²) in [5, 5.41) is 18.2. The van der Waals surface area contributed by atoms with E-state index in [0.717, 1.165) is 36.3 Å². The molecular weight excluding hydrogens is 376 g/mol. The summed E-state index contributed by atoms with van der Waals surface area (Å²) >= 11 is 0. The third-order valence-electron chi connectivity index (χ3n) is 6.26. The minimum Gasteiger partial charge on any atom is -0.489 e. The van der Waals surface area contributed by atoms with Crippen LogP contribution in [-0.4, -0.2) is 35.6 Å². The van der Waals surface area contributed by atoms with Crippen LogP contribution < -0.4 is 4.74 Å². The van der Waals surface area contributed by atoms with Crippen LogP contribution in [0.3, 0.4) is 0 Å². The maximum absolute atomic E-state index is 11.0. The van der Waals surface area contributed by atoms with Crippen molar-refractivity contribution in [3.8, 4) is 11.8 Å². The van der Waals surface area contributed by atoms with Crippen molar-refractivity contribution in [3.05, 3.63) is 69.8 Å².